The fourth-order valence-corrected chi connectivity index (χ4v) is 8.96. The summed E-state index contributed by atoms with van der Waals surface area (Å²) in [5.41, 5.74) is 1.92. The van der Waals surface area contributed by atoms with Crippen LogP contribution >= 0.6 is 0 Å². The lowest BCUT2D eigenvalue weighted by Crippen LogP contribution is -2.58. The average molecular weight is 379 g/mol. The fourth-order valence-electron chi connectivity index (χ4n) is 8.96. The van der Waals surface area contributed by atoms with Crippen molar-refractivity contribution in [3.8, 4) is 0 Å². The molecule has 0 N–H and O–H groups in total. The minimum atomic E-state index is 0.0512. The van der Waals surface area contributed by atoms with Gasteiger partial charge in [-0.05, 0) is 42.4 Å². The van der Waals surface area contributed by atoms with Gasteiger partial charge >= 0.3 is 0 Å². The van der Waals surface area contributed by atoms with Crippen molar-refractivity contribution in [1.29, 1.82) is 0 Å². The maximum absolute atomic E-state index is 6.20. The lowest BCUT2D eigenvalue weighted by Gasteiger charge is -2.68. The Labute approximate surface area is 173 Å². The smallest absolute Gasteiger partial charge is 0.0716 e. The molecule has 0 amide bonds. The summed E-state index contributed by atoms with van der Waals surface area (Å²) in [6.07, 6.45) is 13.8. The zero-order valence-corrected chi connectivity index (χ0v) is 18.2. The summed E-state index contributed by atoms with van der Waals surface area (Å²) in [4.78, 5) is 0. The second-order valence-corrected chi connectivity index (χ2v) is 11.6. The molecule has 2 heterocycles. The SMILES string of the molecule is CC1(C)C2CC([BH-]3C4CCCC3CCC4)C(CCOCc3ccccc3)C1C2. The first-order chi connectivity index (χ1) is 13.6. The van der Waals surface area contributed by atoms with E-state index in [1.165, 1.54) is 31.2 Å². The Kier molecular flexibility index (Phi) is 5.37. The van der Waals surface area contributed by atoms with Gasteiger partial charge in [-0.1, -0.05) is 95.0 Å². The topological polar surface area (TPSA) is 9.23 Å². The van der Waals surface area contributed by atoms with E-state index in [-0.39, 0.29) is 6.71 Å². The molecule has 154 valence electrons. The van der Waals surface area contributed by atoms with Crippen LogP contribution in [0.25, 0.3) is 0 Å². The summed E-state index contributed by atoms with van der Waals surface area (Å²) in [6, 6.07) is 10.7. The van der Waals surface area contributed by atoms with Crippen molar-refractivity contribution in [3.63, 3.8) is 0 Å². The van der Waals surface area contributed by atoms with Crippen LogP contribution in [0.2, 0.25) is 17.5 Å². The molecule has 0 radical (unpaired) electrons. The number of rotatable bonds is 6. The molecule has 3 saturated carbocycles. The van der Waals surface area contributed by atoms with E-state index in [1.54, 1.807) is 32.1 Å². The van der Waals surface area contributed by atoms with Gasteiger partial charge in [-0.3, -0.25) is 0 Å². The van der Waals surface area contributed by atoms with Gasteiger partial charge in [0.15, 0.2) is 0 Å². The van der Waals surface area contributed by atoms with Gasteiger partial charge in [-0.2, -0.15) is 17.5 Å². The van der Waals surface area contributed by atoms with Crippen LogP contribution in [0.3, 0.4) is 0 Å². The average Bonchev–Trinajstić information content (AvgIpc) is 2.71. The molecule has 4 bridgehead atoms. The first-order valence-electron chi connectivity index (χ1n) is 12.5. The van der Waals surface area contributed by atoms with Gasteiger partial charge < -0.3 is 4.74 Å². The van der Waals surface area contributed by atoms with Gasteiger partial charge in [0.1, 0.15) is 0 Å². The monoisotopic (exact) mass is 379 g/mol. The molecule has 1 aromatic rings. The van der Waals surface area contributed by atoms with Crippen molar-refractivity contribution in [2.75, 3.05) is 6.61 Å². The molecule has 2 saturated heterocycles. The Balaban J connectivity index is 1.26. The molecule has 0 spiro atoms. The van der Waals surface area contributed by atoms with E-state index in [2.05, 4.69) is 44.2 Å². The minimum Gasteiger partial charge on any atom is -0.377 e. The summed E-state index contributed by atoms with van der Waals surface area (Å²) >= 11 is 0. The van der Waals surface area contributed by atoms with Crippen molar-refractivity contribution in [2.45, 2.75) is 95.7 Å². The van der Waals surface area contributed by atoms with E-state index in [1.807, 2.05) is 0 Å². The molecule has 3 aliphatic carbocycles. The van der Waals surface area contributed by atoms with Gasteiger partial charge in [0.05, 0.1) is 6.61 Å². The first-order valence-corrected chi connectivity index (χ1v) is 12.5. The van der Waals surface area contributed by atoms with Crippen molar-refractivity contribution >= 4 is 6.71 Å². The molecule has 28 heavy (non-hydrogen) atoms. The van der Waals surface area contributed by atoms with Crippen molar-refractivity contribution in [1.82, 2.24) is 0 Å². The van der Waals surface area contributed by atoms with E-state index in [9.17, 15) is 0 Å². The molecule has 5 fully saturated rings. The molecule has 5 aliphatic rings. The molecule has 0 aromatic heterocycles. The van der Waals surface area contributed by atoms with E-state index in [0.717, 1.165) is 48.4 Å². The minimum absolute atomic E-state index is 0.0512. The van der Waals surface area contributed by atoms with Crippen LogP contribution < -0.4 is 0 Å². The van der Waals surface area contributed by atoms with E-state index in [4.69, 9.17) is 4.74 Å². The van der Waals surface area contributed by atoms with Crippen LogP contribution in [0, 0.1) is 23.2 Å². The molecule has 4 atom stereocenters. The molecule has 6 rings (SSSR count). The molecule has 1 nitrogen and oxygen atoms in total. The Hall–Kier alpha value is -0.755. The summed E-state index contributed by atoms with van der Waals surface area (Å²) in [6.45, 7) is 6.97. The lowest BCUT2D eigenvalue weighted by molar-refractivity contribution is -0.112. The number of benzene rings is 1. The summed E-state index contributed by atoms with van der Waals surface area (Å²) in [5, 5.41) is 0. The van der Waals surface area contributed by atoms with Crippen LogP contribution in [-0.4, -0.2) is 13.3 Å². The maximum atomic E-state index is 6.20. The van der Waals surface area contributed by atoms with Crippen LogP contribution in [0.4, 0.5) is 0 Å². The Morgan fingerprint density at radius 1 is 0.964 bits per heavy atom. The Morgan fingerprint density at radius 3 is 2.29 bits per heavy atom. The third kappa shape index (κ3) is 3.38. The second-order valence-electron chi connectivity index (χ2n) is 11.6. The normalized spacial score (nSPS) is 41.3. The van der Waals surface area contributed by atoms with Gasteiger partial charge in [0.25, 0.3) is 0 Å². The molecule has 2 aliphatic heterocycles. The number of fused-ring (bicyclic) bond motifs is 5. The third-order valence-corrected chi connectivity index (χ3v) is 10.4. The number of hydrogen-bond donors (Lipinski definition) is 0. The van der Waals surface area contributed by atoms with Crippen LogP contribution in [0.1, 0.15) is 77.2 Å². The summed E-state index contributed by atoms with van der Waals surface area (Å²) in [7, 11) is 0. The predicted octanol–water partition coefficient (Wildman–Crippen LogP) is 6.98. The first kappa shape index (κ1) is 19.2. The van der Waals surface area contributed by atoms with Gasteiger partial charge in [-0.25, -0.2) is 0 Å². The van der Waals surface area contributed by atoms with Crippen LogP contribution in [-0.2, 0) is 11.3 Å². The third-order valence-electron chi connectivity index (χ3n) is 10.4. The van der Waals surface area contributed by atoms with Gasteiger partial charge in [-0.15, -0.1) is 0 Å². The highest BCUT2D eigenvalue weighted by Crippen LogP contribution is 2.68. The highest BCUT2D eigenvalue weighted by molar-refractivity contribution is 6.64. The predicted molar refractivity (Wildman–Crippen MR) is 120 cm³/mol. The van der Waals surface area contributed by atoms with E-state index < -0.39 is 0 Å². The number of ether oxygens (including phenoxy) is 1. The zero-order valence-electron chi connectivity index (χ0n) is 18.2. The quantitative estimate of drug-likeness (QED) is 0.383. The van der Waals surface area contributed by atoms with E-state index >= 15 is 0 Å². The fraction of sp³-hybridized carbons (Fsp3) is 0.769. The maximum Gasteiger partial charge on any atom is 0.0716 e. The highest BCUT2D eigenvalue weighted by Gasteiger charge is 2.57. The van der Waals surface area contributed by atoms with Crippen molar-refractivity contribution in [3.05, 3.63) is 35.9 Å². The lowest BCUT2D eigenvalue weighted by atomic mass is 9.18. The summed E-state index contributed by atoms with van der Waals surface area (Å²) in [5.74, 6) is 6.34. The molecule has 1 aromatic carbocycles. The van der Waals surface area contributed by atoms with Crippen LogP contribution in [0.15, 0.2) is 30.3 Å². The van der Waals surface area contributed by atoms with Gasteiger partial charge in [0, 0.05) is 6.61 Å². The number of hydrogen-bond acceptors (Lipinski definition) is 1. The zero-order chi connectivity index (χ0) is 19.1. The van der Waals surface area contributed by atoms with Crippen LogP contribution in [0.5, 0.6) is 0 Å². The molecule has 2 heteroatoms. The molecular formula is C26H40BO-. The Morgan fingerprint density at radius 2 is 1.64 bits per heavy atom. The second kappa shape index (κ2) is 7.82. The highest BCUT2D eigenvalue weighted by atomic mass is 16.5. The largest absolute Gasteiger partial charge is 0.377 e. The van der Waals surface area contributed by atoms with Crippen molar-refractivity contribution in [2.24, 2.45) is 23.2 Å². The Bertz CT molecular complexity index is 634. The summed E-state index contributed by atoms with van der Waals surface area (Å²) < 4.78 is 6.20. The van der Waals surface area contributed by atoms with Crippen molar-refractivity contribution < 1.29 is 4.74 Å². The van der Waals surface area contributed by atoms with Gasteiger partial charge in [0.2, 0.25) is 0 Å². The van der Waals surface area contributed by atoms with E-state index in [0.29, 0.717) is 5.41 Å². The molecular weight excluding hydrogens is 339 g/mol. The standard InChI is InChI=1S/C26H40BO/c1-26(2)20-16-24(26)23(14-15-28-18-19-8-4-3-5-9-19)25(17-20)27-21-10-6-11-22(27)13-7-12-21/h3-5,8-9,20-25,27H,6-7,10-18H2,1-2H3/q-1. The molecule has 4 unspecified atom stereocenters.